The second kappa shape index (κ2) is 8.04. The Morgan fingerprint density at radius 1 is 1.21 bits per heavy atom. The maximum absolute atomic E-state index is 12.5. The van der Waals surface area contributed by atoms with Gasteiger partial charge in [-0.3, -0.25) is 9.48 Å². The van der Waals surface area contributed by atoms with Crippen molar-refractivity contribution in [3.8, 4) is 0 Å². The van der Waals surface area contributed by atoms with Crippen LogP contribution in [-0.2, 0) is 11.3 Å². The molecule has 0 fully saturated rings. The summed E-state index contributed by atoms with van der Waals surface area (Å²) in [6, 6.07) is 7.52. The highest BCUT2D eigenvalue weighted by Gasteiger charge is 2.21. The van der Waals surface area contributed by atoms with Gasteiger partial charge < -0.3 is 10.4 Å². The monoisotopic (exact) mass is 421 g/mol. The topological polar surface area (TPSA) is 102 Å². The summed E-state index contributed by atoms with van der Waals surface area (Å²) in [6.45, 7) is 3.76. The predicted molar refractivity (Wildman–Crippen MR) is 105 cm³/mol. The summed E-state index contributed by atoms with van der Waals surface area (Å²) in [5.74, 6) is -1.23. The molecule has 0 aliphatic heterocycles. The van der Waals surface area contributed by atoms with Gasteiger partial charge in [0.2, 0.25) is 0 Å². The van der Waals surface area contributed by atoms with Gasteiger partial charge in [0, 0.05) is 18.0 Å². The number of anilines is 1. The van der Waals surface area contributed by atoms with Crippen LogP contribution in [0.15, 0.2) is 36.5 Å². The Morgan fingerprint density at radius 2 is 1.96 bits per heavy atom. The van der Waals surface area contributed by atoms with Crippen LogP contribution in [0.4, 0.5) is 5.82 Å². The molecular weight excluding hydrogens is 405 g/mol. The Morgan fingerprint density at radius 3 is 2.64 bits per heavy atom. The molecule has 0 aliphatic carbocycles. The second-order valence-electron chi connectivity index (χ2n) is 6.21. The molecule has 8 nitrogen and oxygen atoms in total. The number of carbonyl (C=O) groups excluding carboxylic acids is 1. The molecule has 2 heterocycles. The molecule has 1 unspecified atom stereocenters. The Hall–Kier alpha value is -2.84. The minimum atomic E-state index is -1.08. The van der Waals surface area contributed by atoms with Crippen molar-refractivity contribution in [2.45, 2.75) is 26.4 Å². The first kappa shape index (κ1) is 19.9. The zero-order chi connectivity index (χ0) is 20.4. The van der Waals surface area contributed by atoms with Gasteiger partial charge in [-0.15, -0.1) is 0 Å². The molecule has 0 spiro atoms. The summed E-state index contributed by atoms with van der Waals surface area (Å²) < 4.78 is 2.86. The van der Waals surface area contributed by atoms with Gasteiger partial charge in [-0.25, -0.2) is 9.48 Å². The average molecular weight is 422 g/mol. The van der Waals surface area contributed by atoms with Crippen molar-refractivity contribution < 1.29 is 14.7 Å². The average Bonchev–Trinajstić information content (AvgIpc) is 3.24. The molecule has 146 valence electrons. The summed E-state index contributed by atoms with van der Waals surface area (Å²) in [5, 5.41) is 21.0. The van der Waals surface area contributed by atoms with E-state index < -0.39 is 17.9 Å². The van der Waals surface area contributed by atoms with E-state index >= 15 is 0 Å². The van der Waals surface area contributed by atoms with Crippen LogP contribution >= 0.6 is 23.2 Å². The number of aliphatic carboxylic acids is 1. The fourth-order valence-electron chi connectivity index (χ4n) is 2.63. The zero-order valence-electron chi connectivity index (χ0n) is 15.1. The number of carboxylic acid groups (broad SMARTS) is 1. The van der Waals surface area contributed by atoms with E-state index in [4.69, 9.17) is 28.3 Å². The predicted octanol–water partition coefficient (Wildman–Crippen LogP) is 3.64. The lowest BCUT2D eigenvalue weighted by Crippen LogP contribution is -2.24. The molecule has 0 radical (unpaired) electrons. The fraction of sp³-hybridized carbons (Fsp3) is 0.222. The van der Waals surface area contributed by atoms with E-state index in [9.17, 15) is 9.59 Å². The molecule has 2 aromatic heterocycles. The number of hydrogen-bond donors (Lipinski definition) is 2. The van der Waals surface area contributed by atoms with Crippen molar-refractivity contribution in [1.29, 1.82) is 0 Å². The first-order valence-electron chi connectivity index (χ1n) is 8.32. The number of aryl methyl sites for hydroxylation is 1. The van der Waals surface area contributed by atoms with Gasteiger partial charge in [-0.1, -0.05) is 29.3 Å². The molecule has 3 aromatic rings. The van der Waals surface area contributed by atoms with Crippen LogP contribution in [0.1, 0.15) is 34.7 Å². The van der Waals surface area contributed by atoms with Crippen molar-refractivity contribution in [3.63, 3.8) is 0 Å². The molecule has 1 amide bonds. The number of carboxylic acids is 1. The van der Waals surface area contributed by atoms with Crippen LogP contribution in [0, 0.1) is 6.92 Å². The molecule has 0 saturated heterocycles. The number of rotatable bonds is 6. The molecular formula is C18H17Cl2N5O3. The Balaban J connectivity index is 1.77. The van der Waals surface area contributed by atoms with E-state index in [2.05, 4.69) is 15.5 Å². The highest BCUT2D eigenvalue weighted by molar-refractivity contribution is 6.42. The summed E-state index contributed by atoms with van der Waals surface area (Å²) in [6.07, 6.45) is 1.38. The number of aromatic nitrogens is 4. The van der Waals surface area contributed by atoms with Crippen LogP contribution in [0.3, 0.4) is 0 Å². The highest BCUT2D eigenvalue weighted by Crippen LogP contribution is 2.23. The van der Waals surface area contributed by atoms with Crippen LogP contribution in [0.2, 0.25) is 10.0 Å². The smallest absolute Gasteiger partial charge is 0.328 e. The third-order valence-electron chi connectivity index (χ3n) is 4.17. The second-order valence-corrected chi connectivity index (χ2v) is 7.02. The fourth-order valence-corrected chi connectivity index (χ4v) is 2.95. The number of hydrogen-bond acceptors (Lipinski definition) is 4. The van der Waals surface area contributed by atoms with Gasteiger partial charge in [0.05, 0.1) is 16.6 Å². The van der Waals surface area contributed by atoms with Crippen molar-refractivity contribution in [1.82, 2.24) is 19.6 Å². The van der Waals surface area contributed by atoms with E-state index in [0.717, 1.165) is 15.9 Å². The Kier molecular flexibility index (Phi) is 5.71. The molecule has 0 bridgehead atoms. The minimum Gasteiger partial charge on any atom is -0.480 e. The third kappa shape index (κ3) is 4.18. The van der Waals surface area contributed by atoms with Crippen molar-refractivity contribution in [2.24, 2.45) is 0 Å². The van der Waals surface area contributed by atoms with Gasteiger partial charge in [0.15, 0.2) is 5.82 Å². The SMILES string of the molecule is Cc1cc(NC(=O)c2ccnn2C(C)C(=O)O)nn1Cc1ccc(Cl)c(Cl)c1. The number of amides is 1. The lowest BCUT2D eigenvalue weighted by molar-refractivity contribution is -0.140. The van der Waals surface area contributed by atoms with Crippen molar-refractivity contribution in [3.05, 3.63) is 63.5 Å². The number of benzene rings is 1. The number of halogens is 2. The standard InChI is InChI=1S/C18H17Cl2N5O3/c1-10-7-16(23-24(10)9-12-3-4-13(19)14(20)8-12)22-17(26)15-5-6-21-25(15)11(2)18(27)28/h3-8,11H,9H2,1-2H3,(H,27,28)(H,22,23,26). The van der Waals surface area contributed by atoms with Gasteiger partial charge in [0.1, 0.15) is 11.7 Å². The van der Waals surface area contributed by atoms with E-state index in [0.29, 0.717) is 22.4 Å². The summed E-state index contributed by atoms with van der Waals surface area (Å²) in [5.41, 5.74) is 1.87. The third-order valence-corrected chi connectivity index (χ3v) is 4.91. The summed E-state index contributed by atoms with van der Waals surface area (Å²) in [7, 11) is 0. The summed E-state index contributed by atoms with van der Waals surface area (Å²) in [4.78, 5) is 23.7. The van der Waals surface area contributed by atoms with Gasteiger partial charge in [-0.05, 0) is 37.6 Å². The Labute approximate surface area is 170 Å². The lowest BCUT2D eigenvalue weighted by Gasteiger charge is -2.10. The van der Waals surface area contributed by atoms with E-state index in [-0.39, 0.29) is 5.69 Å². The van der Waals surface area contributed by atoms with Crippen LogP contribution < -0.4 is 5.32 Å². The normalized spacial score (nSPS) is 12.0. The number of carbonyl (C=O) groups is 2. The van der Waals surface area contributed by atoms with Gasteiger partial charge in [-0.2, -0.15) is 10.2 Å². The molecule has 10 heteroatoms. The van der Waals surface area contributed by atoms with Gasteiger partial charge in [0.25, 0.3) is 5.91 Å². The van der Waals surface area contributed by atoms with Crippen LogP contribution in [0.25, 0.3) is 0 Å². The van der Waals surface area contributed by atoms with Crippen LogP contribution in [-0.4, -0.2) is 36.5 Å². The quantitative estimate of drug-likeness (QED) is 0.632. The van der Waals surface area contributed by atoms with Crippen molar-refractivity contribution in [2.75, 3.05) is 5.32 Å². The van der Waals surface area contributed by atoms with E-state index in [1.165, 1.54) is 19.2 Å². The van der Waals surface area contributed by atoms with Crippen molar-refractivity contribution >= 4 is 40.9 Å². The molecule has 1 aromatic carbocycles. The molecule has 1 atom stereocenters. The molecule has 2 N–H and O–H groups in total. The molecule has 28 heavy (non-hydrogen) atoms. The lowest BCUT2D eigenvalue weighted by atomic mass is 10.2. The Bertz CT molecular complexity index is 1040. The molecule has 0 aliphatic rings. The maximum atomic E-state index is 12.5. The first-order valence-corrected chi connectivity index (χ1v) is 9.08. The number of nitrogens with one attached hydrogen (secondary N) is 1. The van der Waals surface area contributed by atoms with Crippen LogP contribution in [0.5, 0.6) is 0 Å². The summed E-state index contributed by atoms with van der Waals surface area (Å²) >= 11 is 12.0. The molecule has 3 rings (SSSR count). The van der Waals surface area contributed by atoms with E-state index in [1.54, 1.807) is 22.9 Å². The minimum absolute atomic E-state index is 0.131. The largest absolute Gasteiger partial charge is 0.480 e. The highest BCUT2D eigenvalue weighted by atomic mass is 35.5. The van der Waals surface area contributed by atoms with E-state index in [1.807, 2.05) is 13.0 Å². The maximum Gasteiger partial charge on any atom is 0.328 e. The molecule has 0 saturated carbocycles. The zero-order valence-corrected chi connectivity index (χ0v) is 16.6. The number of nitrogens with zero attached hydrogens (tertiary/aromatic N) is 4. The van der Waals surface area contributed by atoms with Gasteiger partial charge >= 0.3 is 5.97 Å². The first-order chi connectivity index (χ1) is 13.3.